The molecule has 1 heterocycles. The highest BCUT2D eigenvalue weighted by molar-refractivity contribution is 6.42. The lowest BCUT2D eigenvalue weighted by Gasteiger charge is -2.30. The topological polar surface area (TPSA) is 46.3 Å². The Morgan fingerprint density at radius 1 is 1.08 bits per heavy atom. The second-order valence-electron chi connectivity index (χ2n) is 6.39. The van der Waals surface area contributed by atoms with Crippen LogP contribution in [0.5, 0.6) is 0 Å². The first-order valence-corrected chi connectivity index (χ1v) is 9.76. The average molecular weight is 393 g/mol. The highest BCUT2D eigenvalue weighted by Gasteiger charge is 2.25. The molecule has 3 nitrogen and oxygen atoms in total. The largest absolute Gasteiger partial charge is 0.326 e. The molecular weight excluding hydrogens is 367 g/mol. The van der Waals surface area contributed by atoms with Crippen molar-refractivity contribution < 1.29 is 4.79 Å². The van der Waals surface area contributed by atoms with Crippen LogP contribution in [0, 0.1) is 5.92 Å². The molecule has 0 radical (unpaired) electrons. The summed E-state index contributed by atoms with van der Waals surface area (Å²) in [6, 6.07) is 15.1. The van der Waals surface area contributed by atoms with Crippen molar-refractivity contribution in [3.05, 3.63) is 69.7 Å². The van der Waals surface area contributed by atoms with Crippen LogP contribution in [0.25, 0.3) is 0 Å². The molecule has 2 N–H and O–H groups in total. The monoisotopic (exact) mass is 392 g/mol. The van der Waals surface area contributed by atoms with Gasteiger partial charge in [0.25, 0.3) is 0 Å². The fraction of sp³-hybridized carbons (Fsp3) is 0.381. The molecule has 2 aromatic carbocycles. The summed E-state index contributed by atoms with van der Waals surface area (Å²) < 4.78 is 0. The van der Waals surface area contributed by atoms with E-state index in [-0.39, 0.29) is 11.7 Å². The number of benzene rings is 2. The summed E-state index contributed by atoms with van der Waals surface area (Å²) in [7, 11) is 0. The molecule has 0 atom stereocenters. The minimum absolute atomic E-state index is 0.130. The van der Waals surface area contributed by atoms with Crippen LogP contribution in [-0.4, -0.2) is 30.3 Å². The van der Waals surface area contributed by atoms with Crippen molar-refractivity contribution in [2.24, 2.45) is 11.7 Å². The molecule has 0 aliphatic carbocycles. The van der Waals surface area contributed by atoms with Crippen molar-refractivity contribution in [3.8, 4) is 0 Å². The van der Waals surface area contributed by atoms with Gasteiger partial charge < -0.3 is 10.6 Å². The second kappa shape index (κ2) is 10.7. The van der Waals surface area contributed by atoms with Crippen molar-refractivity contribution in [1.29, 1.82) is 0 Å². The fourth-order valence-corrected chi connectivity index (χ4v) is 3.31. The third kappa shape index (κ3) is 6.10. The number of nitrogens with two attached hydrogens (primary N) is 1. The summed E-state index contributed by atoms with van der Waals surface area (Å²) in [5, 5.41) is 0.947. The smallest absolute Gasteiger partial charge is 0.166 e. The standard InChI is InChI=1S/C14H17Cl2NO.C7H9N/c1-2-17-7-5-10(6-8-17)14(18)11-3-4-12(15)13(16)9-11;8-6-7-4-2-1-3-5-7/h3-4,9-10H,2,5-8H2,1H3;1-5H,6,8H2. The van der Waals surface area contributed by atoms with Gasteiger partial charge in [-0.2, -0.15) is 0 Å². The molecule has 0 amide bonds. The summed E-state index contributed by atoms with van der Waals surface area (Å²) >= 11 is 11.8. The van der Waals surface area contributed by atoms with Gasteiger partial charge in [0.1, 0.15) is 0 Å². The van der Waals surface area contributed by atoms with Gasteiger partial charge in [0.2, 0.25) is 0 Å². The lowest BCUT2D eigenvalue weighted by molar-refractivity contribution is 0.0844. The van der Waals surface area contributed by atoms with Gasteiger partial charge in [-0.1, -0.05) is 60.5 Å². The number of ketones is 1. The molecule has 26 heavy (non-hydrogen) atoms. The molecule has 1 aliphatic heterocycles. The number of hydrogen-bond acceptors (Lipinski definition) is 3. The molecule has 2 aromatic rings. The lowest BCUT2D eigenvalue weighted by atomic mass is 9.89. The molecule has 1 saturated heterocycles. The Morgan fingerprint density at radius 3 is 2.23 bits per heavy atom. The summed E-state index contributed by atoms with van der Waals surface area (Å²) in [5.41, 5.74) is 7.22. The molecule has 0 bridgehead atoms. The van der Waals surface area contributed by atoms with Crippen LogP contribution in [0.3, 0.4) is 0 Å². The maximum absolute atomic E-state index is 12.3. The van der Waals surface area contributed by atoms with Crippen LogP contribution < -0.4 is 5.73 Å². The number of halogens is 2. The molecule has 3 rings (SSSR count). The van der Waals surface area contributed by atoms with E-state index < -0.39 is 0 Å². The number of rotatable bonds is 4. The zero-order valence-corrected chi connectivity index (χ0v) is 16.6. The molecule has 5 heteroatoms. The Bertz CT molecular complexity index is 698. The summed E-state index contributed by atoms with van der Waals surface area (Å²) in [4.78, 5) is 14.7. The van der Waals surface area contributed by atoms with Gasteiger partial charge in [0.15, 0.2) is 5.78 Å². The Morgan fingerprint density at radius 2 is 1.73 bits per heavy atom. The second-order valence-corrected chi connectivity index (χ2v) is 7.21. The zero-order chi connectivity index (χ0) is 18.9. The van der Waals surface area contributed by atoms with Gasteiger partial charge in [0.05, 0.1) is 10.0 Å². The van der Waals surface area contributed by atoms with E-state index in [9.17, 15) is 4.79 Å². The van der Waals surface area contributed by atoms with Gasteiger partial charge in [-0.05, 0) is 56.2 Å². The van der Waals surface area contributed by atoms with Crippen LogP contribution in [0.2, 0.25) is 10.0 Å². The van der Waals surface area contributed by atoms with Crippen molar-refractivity contribution in [2.75, 3.05) is 19.6 Å². The van der Waals surface area contributed by atoms with E-state index in [4.69, 9.17) is 28.9 Å². The van der Waals surface area contributed by atoms with Crippen molar-refractivity contribution in [2.45, 2.75) is 26.3 Å². The molecule has 0 spiro atoms. The molecule has 140 valence electrons. The third-order valence-corrected chi connectivity index (χ3v) is 5.43. The quantitative estimate of drug-likeness (QED) is 0.740. The Hall–Kier alpha value is -1.39. The lowest BCUT2D eigenvalue weighted by Crippen LogP contribution is -2.36. The number of carbonyl (C=O) groups excluding carboxylic acids is 1. The molecular formula is C21H26Cl2N2O. The minimum Gasteiger partial charge on any atom is -0.326 e. The predicted octanol–water partition coefficient (Wildman–Crippen LogP) is 5.05. The summed E-state index contributed by atoms with van der Waals surface area (Å²) in [6.07, 6.45) is 1.87. The van der Waals surface area contributed by atoms with Crippen molar-refractivity contribution in [3.63, 3.8) is 0 Å². The van der Waals surface area contributed by atoms with E-state index in [0.717, 1.165) is 32.5 Å². The predicted molar refractivity (Wildman–Crippen MR) is 110 cm³/mol. The minimum atomic E-state index is 0.130. The number of nitrogens with zero attached hydrogens (tertiary/aromatic N) is 1. The van der Waals surface area contributed by atoms with E-state index in [0.29, 0.717) is 22.2 Å². The van der Waals surface area contributed by atoms with Gasteiger partial charge >= 0.3 is 0 Å². The normalized spacial score (nSPS) is 15.2. The first-order valence-electron chi connectivity index (χ1n) is 9.00. The summed E-state index contributed by atoms with van der Waals surface area (Å²) in [6.45, 7) is 5.87. The summed E-state index contributed by atoms with van der Waals surface area (Å²) in [5.74, 6) is 0.328. The Labute approximate surface area is 166 Å². The number of piperidine rings is 1. The highest BCUT2D eigenvalue weighted by Crippen LogP contribution is 2.26. The van der Waals surface area contributed by atoms with E-state index in [2.05, 4.69) is 11.8 Å². The number of carbonyl (C=O) groups is 1. The highest BCUT2D eigenvalue weighted by atomic mass is 35.5. The SMILES string of the molecule is CCN1CCC(C(=O)c2ccc(Cl)c(Cl)c2)CC1.NCc1ccccc1. The van der Waals surface area contributed by atoms with E-state index >= 15 is 0 Å². The third-order valence-electron chi connectivity index (χ3n) is 4.69. The fourth-order valence-electron chi connectivity index (χ4n) is 3.01. The van der Waals surface area contributed by atoms with E-state index in [1.165, 1.54) is 5.56 Å². The molecule has 1 fully saturated rings. The van der Waals surface area contributed by atoms with Gasteiger partial charge in [-0.3, -0.25) is 4.79 Å². The van der Waals surface area contributed by atoms with Crippen LogP contribution in [0.4, 0.5) is 0 Å². The Kier molecular flexibility index (Phi) is 8.60. The van der Waals surface area contributed by atoms with Crippen molar-refractivity contribution >= 4 is 29.0 Å². The average Bonchev–Trinajstić information content (AvgIpc) is 2.70. The van der Waals surface area contributed by atoms with Gasteiger partial charge in [-0.15, -0.1) is 0 Å². The van der Waals surface area contributed by atoms with E-state index in [1.54, 1.807) is 18.2 Å². The molecule has 0 aromatic heterocycles. The maximum Gasteiger partial charge on any atom is 0.166 e. The van der Waals surface area contributed by atoms with Crippen LogP contribution in [0.15, 0.2) is 48.5 Å². The van der Waals surface area contributed by atoms with Crippen molar-refractivity contribution in [1.82, 2.24) is 4.90 Å². The van der Waals surface area contributed by atoms with Crippen LogP contribution in [0.1, 0.15) is 35.7 Å². The first-order chi connectivity index (χ1) is 12.5. The number of likely N-dealkylation sites (tertiary alicyclic amines) is 1. The van der Waals surface area contributed by atoms with Gasteiger partial charge in [-0.25, -0.2) is 0 Å². The number of Topliss-reactive ketones (excluding diaryl/α,β-unsaturated/α-hetero) is 1. The Balaban J connectivity index is 0.000000254. The molecule has 0 saturated carbocycles. The van der Waals surface area contributed by atoms with Crippen LogP contribution >= 0.6 is 23.2 Å². The molecule has 0 unspecified atom stereocenters. The number of hydrogen-bond donors (Lipinski definition) is 1. The van der Waals surface area contributed by atoms with E-state index in [1.807, 2.05) is 30.3 Å². The molecule has 1 aliphatic rings. The maximum atomic E-state index is 12.3. The van der Waals surface area contributed by atoms with Gasteiger partial charge in [0, 0.05) is 18.0 Å². The zero-order valence-electron chi connectivity index (χ0n) is 15.1. The first kappa shape index (κ1) is 20.9. The van der Waals surface area contributed by atoms with Crippen LogP contribution in [-0.2, 0) is 6.54 Å².